The monoisotopic (exact) mass is 199 g/mol. The van der Waals surface area contributed by atoms with Gasteiger partial charge in [0.2, 0.25) is 0 Å². The van der Waals surface area contributed by atoms with Crippen molar-refractivity contribution in [1.29, 1.82) is 5.26 Å². The molecule has 1 aromatic carbocycles. The van der Waals surface area contributed by atoms with Crippen molar-refractivity contribution in [2.45, 2.75) is 4.90 Å². The van der Waals surface area contributed by atoms with Gasteiger partial charge in [0.25, 0.3) is 0 Å². The van der Waals surface area contributed by atoms with Gasteiger partial charge in [-0.1, -0.05) is 0 Å². The molecule has 0 atom stereocenters. The molecule has 0 heterocycles. The summed E-state index contributed by atoms with van der Waals surface area (Å²) < 4.78 is 34.9. The summed E-state index contributed by atoms with van der Waals surface area (Å²) >= 11 is 0. The second-order valence-electron chi connectivity index (χ2n) is 2.53. The first kappa shape index (κ1) is 9.68. The molecule has 0 bridgehead atoms. The van der Waals surface area contributed by atoms with Crippen LogP contribution in [-0.2, 0) is 9.84 Å². The molecule has 0 N–H and O–H groups in total. The summed E-state index contributed by atoms with van der Waals surface area (Å²) in [4.78, 5) is -0.383. The van der Waals surface area contributed by atoms with Crippen molar-refractivity contribution in [3.8, 4) is 6.07 Å². The summed E-state index contributed by atoms with van der Waals surface area (Å²) in [6, 6.07) is 4.96. The van der Waals surface area contributed by atoms with Crippen molar-refractivity contribution in [2.75, 3.05) is 6.26 Å². The Bertz CT molecular complexity index is 473. The van der Waals surface area contributed by atoms with Crippen LogP contribution in [0.2, 0.25) is 0 Å². The zero-order valence-corrected chi connectivity index (χ0v) is 7.60. The highest BCUT2D eigenvalue weighted by molar-refractivity contribution is 7.90. The highest BCUT2D eigenvalue weighted by Gasteiger charge is 2.13. The molecule has 68 valence electrons. The van der Waals surface area contributed by atoms with Crippen LogP contribution in [0.25, 0.3) is 0 Å². The Kier molecular flexibility index (Phi) is 2.34. The van der Waals surface area contributed by atoms with Crippen molar-refractivity contribution in [2.24, 2.45) is 0 Å². The maximum Gasteiger partial charge on any atom is 0.178 e. The summed E-state index contributed by atoms with van der Waals surface area (Å²) in [6.45, 7) is 0. The Hall–Kier alpha value is -1.41. The van der Waals surface area contributed by atoms with Gasteiger partial charge in [0.1, 0.15) is 10.7 Å². The van der Waals surface area contributed by atoms with Gasteiger partial charge in [-0.3, -0.25) is 0 Å². The molecule has 0 aliphatic carbocycles. The predicted molar refractivity (Wildman–Crippen MR) is 44.2 cm³/mol. The van der Waals surface area contributed by atoms with Gasteiger partial charge in [0, 0.05) is 6.26 Å². The van der Waals surface area contributed by atoms with Gasteiger partial charge in [0.05, 0.1) is 11.6 Å². The van der Waals surface area contributed by atoms with E-state index in [1.165, 1.54) is 6.07 Å². The molecule has 0 aromatic heterocycles. The van der Waals surface area contributed by atoms with E-state index in [0.29, 0.717) is 0 Å². The Labute approximate surface area is 75.3 Å². The van der Waals surface area contributed by atoms with E-state index < -0.39 is 15.7 Å². The van der Waals surface area contributed by atoms with E-state index in [4.69, 9.17) is 5.26 Å². The van der Waals surface area contributed by atoms with E-state index in [1.807, 2.05) is 0 Å². The molecule has 0 fully saturated rings. The minimum Gasteiger partial charge on any atom is -0.224 e. The fourth-order valence-corrected chi connectivity index (χ4v) is 1.60. The summed E-state index contributed by atoms with van der Waals surface area (Å²) in [5.41, 5.74) is 0.102. The van der Waals surface area contributed by atoms with Crippen LogP contribution in [0.5, 0.6) is 0 Å². The van der Waals surface area contributed by atoms with Crippen LogP contribution in [0, 0.1) is 17.1 Å². The van der Waals surface area contributed by atoms with Crippen molar-refractivity contribution in [3.63, 3.8) is 0 Å². The number of hydrogen-bond acceptors (Lipinski definition) is 3. The smallest absolute Gasteiger partial charge is 0.178 e. The zero-order valence-electron chi connectivity index (χ0n) is 6.78. The van der Waals surface area contributed by atoms with Gasteiger partial charge in [-0.05, 0) is 18.2 Å². The maximum absolute atomic E-state index is 13.0. The molecule has 13 heavy (non-hydrogen) atoms. The van der Waals surface area contributed by atoms with Crippen molar-refractivity contribution in [1.82, 2.24) is 0 Å². The molecule has 1 aromatic rings. The van der Waals surface area contributed by atoms with E-state index >= 15 is 0 Å². The number of nitrogens with zero attached hydrogens (tertiary/aromatic N) is 1. The van der Waals surface area contributed by atoms with Gasteiger partial charge in [-0.15, -0.1) is 0 Å². The second kappa shape index (κ2) is 3.15. The van der Waals surface area contributed by atoms with E-state index in [1.54, 1.807) is 6.07 Å². The normalized spacial score (nSPS) is 10.8. The highest BCUT2D eigenvalue weighted by atomic mass is 32.2. The third kappa shape index (κ3) is 2.04. The van der Waals surface area contributed by atoms with Crippen LogP contribution >= 0.6 is 0 Å². The summed E-state index contributed by atoms with van der Waals surface area (Å²) in [6.07, 6.45) is 0.914. The number of halogens is 1. The number of nitriles is 1. The topological polar surface area (TPSA) is 57.9 Å². The average Bonchev–Trinajstić information content (AvgIpc) is 2.01. The SMILES string of the molecule is CS(=O)(=O)c1ccc(C#N)cc1F. The molecule has 0 saturated carbocycles. The highest BCUT2D eigenvalue weighted by Crippen LogP contribution is 2.15. The number of benzene rings is 1. The van der Waals surface area contributed by atoms with Gasteiger partial charge < -0.3 is 0 Å². The first-order valence-electron chi connectivity index (χ1n) is 3.35. The fraction of sp³-hybridized carbons (Fsp3) is 0.125. The van der Waals surface area contributed by atoms with Crippen LogP contribution in [0.3, 0.4) is 0 Å². The zero-order chi connectivity index (χ0) is 10.1. The Morgan fingerprint density at radius 2 is 2.08 bits per heavy atom. The first-order valence-corrected chi connectivity index (χ1v) is 5.24. The fourth-order valence-electron chi connectivity index (χ4n) is 0.871. The van der Waals surface area contributed by atoms with E-state index in [-0.39, 0.29) is 10.5 Å². The molecule has 0 unspecified atom stereocenters. The average molecular weight is 199 g/mol. The van der Waals surface area contributed by atoms with Crippen molar-refractivity contribution < 1.29 is 12.8 Å². The molecule has 0 spiro atoms. The summed E-state index contributed by atoms with van der Waals surface area (Å²) in [5, 5.41) is 8.39. The van der Waals surface area contributed by atoms with Crippen LogP contribution in [0.1, 0.15) is 5.56 Å². The molecular weight excluding hydrogens is 193 g/mol. The van der Waals surface area contributed by atoms with Crippen LogP contribution in [0.4, 0.5) is 4.39 Å². The first-order chi connectivity index (χ1) is 5.95. The van der Waals surface area contributed by atoms with Crippen molar-refractivity contribution >= 4 is 9.84 Å². The minimum atomic E-state index is -3.54. The number of sulfone groups is 1. The lowest BCUT2D eigenvalue weighted by molar-refractivity contribution is 0.570. The number of hydrogen-bond donors (Lipinski definition) is 0. The van der Waals surface area contributed by atoms with E-state index in [2.05, 4.69) is 0 Å². The maximum atomic E-state index is 13.0. The molecule has 0 saturated heterocycles. The Balaban J connectivity index is 3.40. The molecule has 1 rings (SSSR count). The minimum absolute atomic E-state index is 0.102. The third-order valence-electron chi connectivity index (χ3n) is 1.46. The molecule has 5 heteroatoms. The number of rotatable bonds is 1. The van der Waals surface area contributed by atoms with Gasteiger partial charge in [0.15, 0.2) is 9.84 Å². The van der Waals surface area contributed by atoms with Gasteiger partial charge >= 0.3 is 0 Å². The van der Waals surface area contributed by atoms with Crippen LogP contribution in [0.15, 0.2) is 23.1 Å². The van der Waals surface area contributed by atoms with Crippen molar-refractivity contribution in [3.05, 3.63) is 29.6 Å². The largest absolute Gasteiger partial charge is 0.224 e. The third-order valence-corrected chi connectivity index (χ3v) is 2.59. The van der Waals surface area contributed by atoms with Crippen LogP contribution < -0.4 is 0 Å². The molecule has 0 aliphatic heterocycles. The Morgan fingerprint density at radius 3 is 2.46 bits per heavy atom. The molecule has 0 aliphatic rings. The lowest BCUT2D eigenvalue weighted by Crippen LogP contribution is -2.00. The van der Waals surface area contributed by atoms with E-state index in [0.717, 1.165) is 18.4 Å². The molecule has 3 nitrogen and oxygen atoms in total. The molecule has 0 amide bonds. The summed E-state index contributed by atoms with van der Waals surface area (Å²) in [5.74, 6) is -0.887. The van der Waals surface area contributed by atoms with E-state index in [9.17, 15) is 12.8 Å². The van der Waals surface area contributed by atoms with Gasteiger partial charge in [-0.2, -0.15) is 5.26 Å². The second-order valence-corrected chi connectivity index (χ2v) is 4.51. The Morgan fingerprint density at radius 1 is 1.46 bits per heavy atom. The van der Waals surface area contributed by atoms with Crippen LogP contribution in [-0.4, -0.2) is 14.7 Å². The molecule has 0 radical (unpaired) electrons. The lowest BCUT2D eigenvalue weighted by Gasteiger charge is -1.99. The quantitative estimate of drug-likeness (QED) is 0.680. The molecular formula is C8H6FNO2S. The van der Waals surface area contributed by atoms with Gasteiger partial charge in [-0.25, -0.2) is 12.8 Å². The predicted octanol–water partition coefficient (Wildman–Crippen LogP) is 1.10. The standard InChI is InChI=1S/C8H6FNO2S/c1-13(11,12)8-3-2-6(5-10)4-7(8)9/h2-4H,1H3. The summed E-state index contributed by atoms with van der Waals surface area (Å²) in [7, 11) is -3.54. The lowest BCUT2D eigenvalue weighted by atomic mass is 10.2.